The van der Waals surface area contributed by atoms with Gasteiger partial charge in [0.2, 0.25) is 11.0 Å². The van der Waals surface area contributed by atoms with Crippen molar-refractivity contribution < 1.29 is 4.52 Å². The highest BCUT2D eigenvalue weighted by molar-refractivity contribution is 8.01. The zero-order valence-electron chi connectivity index (χ0n) is 10.8. The van der Waals surface area contributed by atoms with Crippen LogP contribution in [0.3, 0.4) is 0 Å². The minimum absolute atomic E-state index is 0.0630. The molecule has 6 nitrogen and oxygen atoms in total. The Morgan fingerprint density at radius 2 is 2.37 bits per heavy atom. The molecule has 0 spiro atoms. The Hall–Kier alpha value is -1.41. The maximum atomic E-state index is 5.21. The average Bonchev–Trinajstić information content (AvgIpc) is 3.05. The highest BCUT2D eigenvalue weighted by Crippen LogP contribution is 2.36. The molecule has 2 heterocycles. The summed E-state index contributed by atoms with van der Waals surface area (Å²) in [5.74, 6) is 1.35. The smallest absolute Gasteiger partial charge is 0.239 e. The minimum Gasteiger partial charge on any atom is -0.357 e. The van der Waals surface area contributed by atoms with E-state index >= 15 is 0 Å². The lowest BCUT2D eigenvalue weighted by Crippen LogP contribution is -1.96. The van der Waals surface area contributed by atoms with E-state index in [-0.39, 0.29) is 5.25 Å². The van der Waals surface area contributed by atoms with Crippen LogP contribution >= 0.6 is 23.1 Å². The van der Waals surface area contributed by atoms with Gasteiger partial charge >= 0.3 is 0 Å². The van der Waals surface area contributed by atoms with Crippen molar-refractivity contribution in [2.24, 2.45) is 0 Å². The Balaban J connectivity index is 1.96. The normalized spacial score (nSPS) is 12.3. The molecular weight excluding hydrogens is 282 g/mol. The van der Waals surface area contributed by atoms with Crippen LogP contribution in [0.2, 0.25) is 0 Å². The largest absolute Gasteiger partial charge is 0.357 e. The number of thioether (sulfide) groups is 1. The highest BCUT2D eigenvalue weighted by Gasteiger charge is 2.17. The third kappa shape index (κ3) is 3.77. The molecule has 1 unspecified atom stereocenters. The maximum absolute atomic E-state index is 5.21. The van der Waals surface area contributed by atoms with E-state index in [2.05, 4.69) is 32.2 Å². The SMILES string of the molecule is C=CCNc1nnc(SC(C)c2nc(CC)no2)s1. The summed E-state index contributed by atoms with van der Waals surface area (Å²) in [6.45, 7) is 8.33. The van der Waals surface area contributed by atoms with Crippen molar-refractivity contribution in [1.82, 2.24) is 20.3 Å². The molecule has 0 fully saturated rings. The number of nitrogens with zero attached hydrogens (tertiary/aromatic N) is 4. The van der Waals surface area contributed by atoms with Crippen LogP contribution in [0.1, 0.15) is 30.8 Å². The van der Waals surface area contributed by atoms with Gasteiger partial charge in [-0.05, 0) is 6.92 Å². The van der Waals surface area contributed by atoms with Crippen molar-refractivity contribution in [3.63, 3.8) is 0 Å². The number of hydrogen-bond donors (Lipinski definition) is 1. The number of rotatable bonds is 7. The fourth-order valence-electron chi connectivity index (χ4n) is 1.27. The quantitative estimate of drug-likeness (QED) is 0.622. The predicted molar refractivity (Wildman–Crippen MR) is 76.5 cm³/mol. The standard InChI is InChI=1S/C11H15N5OS2/c1-4-6-12-10-14-15-11(19-10)18-7(3)9-13-8(5-2)16-17-9/h4,7H,1,5-6H2,2-3H3,(H,12,14). The summed E-state index contributed by atoms with van der Waals surface area (Å²) in [4.78, 5) is 4.31. The van der Waals surface area contributed by atoms with Crippen LogP contribution in [-0.4, -0.2) is 26.9 Å². The zero-order chi connectivity index (χ0) is 13.7. The number of anilines is 1. The predicted octanol–water partition coefficient (Wildman–Crippen LogP) is 2.93. The fraction of sp³-hybridized carbons (Fsp3) is 0.455. The van der Waals surface area contributed by atoms with Gasteiger partial charge in [-0.2, -0.15) is 4.98 Å². The summed E-state index contributed by atoms with van der Waals surface area (Å²) in [5.41, 5.74) is 0. The van der Waals surface area contributed by atoms with Crippen LogP contribution in [0, 0.1) is 0 Å². The Morgan fingerprint density at radius 3 is 3.05 bits per heavy atom. The number of nitrogens with one attached hydrogen (secondary N) is 1. The van der Waals surface area contributed by atoms with E-state index in [1.165, 1.54) is 11.3 Å². The molecule has 0 amide bonds. The van der Waals surface area contributed by atoms with E-state index in [0.717, 1.165) is 21.7 Å². The first kappa shape index (κ1) is 14.0. The summed E-state index contributed by atoms with van der Waals surface area (Å²) in [6.07, 6.45) is 2.55. The number of aromatic nitrogens is 4. The van der Waals surface area contributed by atoms with Crippen molar-refractivity contribution in [1.29, 1.82) is 0 Å². The third-order valence-electron chi connectivity index (χ3n) is 2.23. The Morgan fingerprint density at radius 1 is 1.53 bits per heavy atom. The highest BCUT2D eigenvalue weighted by atomic mass is 32.2. The molecule has 0 radical (unpaired) electrons. The molecule has 1 atom stereocenters. The fourth-order valence-corrected chi connectivity index (χ4v) is 3.20. The Kier molecular flexibility index (Phi) is 4.92. The van der Waals surface area contributed by atoms with Gasteiger partial charge in [0.15, 0.2) is 10.2 Å². The summed E-state index contributed by atoms with van der Waals surface area (Å²) >= 11 is 3.06. The van der Waals surface area contributed by atoms with Gasteiger partial charge in [-0.25, -0.2) is 0 Å². The molecule has 8 heteroatoms. The molecule has 1 N–H and O–H groups in total. The van der Waals surface area contributed by atoms with Crippen LogP contribution < -0.4 is 5.32 Å². The summed E-state index contributed by atoms with van der Waals surface area (Å²) in [6, 6.07) is 0. The Bertz CT molecular complexity index is 539. The van der Waals surface area contributed by atoms with Gasteiger partial charge < -0.3 is 9.84 Å². The van der Waals surface area contributed by atoms with E-state index in [9.17, 15) is 0 Å². The van der Waals surface area contributed by atoms with Gasteiger partial charge in [0, 0.05) is 13.0 Å². The van der Waals surface area contributed by atoms with Gasteiger partial charge in [0.1, 0.15) is 0 Å². The average molecular weight is 297 g/mol. The van der Waals surface area contributed by atoms with Crippen molar-refractivity contribution in [2.45, 2.75) is 29.9 Å². The van der Waals surface area contributed by atoms with Gasteiger partial charge in [-0.1, -0.05) is 41.3 Å². The van der Waals surface area contributed by atoms with E-state index in [1.807, 2.05) is 13.8 Å². The van der Waals surface area contributed by atoms with Gasteiger partial charge in [-0.3, -0.25) is 0 Å². The maximum Gasteiger partial charge on any atom is 0.239 e. The lowest BCUT2D eigenvalue weighted by atomic mass is 10.4. The van der Waals surface area contributed by atoms with Crippen molar-refractivity contribution >= 4 is 28.2 Å². The lowest BCUT2D eigenvalue weighted by molar-refractivity contribution is 0.375. The van der Waals surface area contributed by atoms with Crippen LogP contribution in [0.25, 0.3) is 0 Å². The second kappa shape index (κ2) is 6.67. The van der Waals surface area contributed by atoms with Crippen molar-refractivity contribution in [3.05, 3.63) is 24.4 Å². The molecular formula is C11H15N5OS2. The number of hydrogen-bond acceptors (Lipinski definition) is 8. The first-order valence-corrected chi connectivity index (χ1v) is 7.60. The summed E-state index contributed by atoms with van der Waals surface area (Å²) in [7, 11) is 0. The molecule has 2 rings (SSSR count). The monoisotopic (exact) mass is 297 g/mol. The molecule has 0 aromatic carbocycles. The molecule has 0 aliphatic rings. The second-order valence-corrected chi connectivity index (χ2v) is 6.27. The topological polar surface area (TPSA) is 76.7 Å². The molecule has 2 aromatic heterocycles. The van der Waals surface area contributed by atoms with Crippen LogP contribution in [-0.2, 0) is 6.42 Å². The zero-order valence-corrected chi connectivity index (χ0v) is 12.4. The first-order chi connectivity index (χ1) is 9.22. The first-order valence-electron chi connectivity index (χ1n) is 5.90. The van der Waals surface area contributed by atoms with Crippen molar-refractivity contribution in [3.8, 4) is 0 Å². The summed E-state index contributed by atoms with van der Waals surface area (Å²) in [5, 5.41) is 16.0. The molecule has 2 aromatic rings. The molecule has 0 aliphatic heterocycles. The van der Waals surface area contributed by atoms with Gasteiger partial charge in [0.05, 0.1) is 5.25 Å². The van der Waals surface area contributed by atoms with E-state index in [0.29, 0.717) is 12.4 Å². The van der Waals surface area contributed by atoms with Gasteiger partial charge in [0.25, 0.3) is 0 Å². The van der Waals surface area contributed by atoms with Crippen LogP contribution in [0.5, 0.6) is 0 Å². The molecule has 0 saturated heterocycles. The summed E-state index contributed by atoms with van der Waals surface area (Å²) < 4.78 is 6.08. The van der Waals surface area contributed by atoms with Crippen LogP contribution in [0.15, 0.2) is 21.5 Å². The molecule has 0 bridgehead atoms. The second-order valence-electron chi connectivity index (χ2n) is 3.71. The minimum atomic E-state index is 0.0630. The van der Waals surface area contributed by atoms with E-state index in [4.69, 9.17) is 4.52 Å². The molecule has 19 heavy (non-hydrogen) atoms. The molecule has 0 saturated carbocycles. The molecule has 102 valence electrons. The molecule has 0 aliphatic carbocycles. The van der Waals surface area contributed by atoms with Crippen molar-refractivity contribution in [2.75, 3.05) is 11.9 Å². The third-order valence-corrected chi connectivity index (χ3v) is 4.28. The van der Waals surface area contributed by atoms with E-state index in [1.54, 1.807) is 17.8 Å². The van der Waals surface area contributed by atoms with Gasteiger partial charge in [-0.15, -0.1) is 16.8 Å². The van der Waals surface area contributed by atoms with E-state index < -0.39 is 0 Å². The Labute approximate surface area is 119 Å². The lowest BCUT2D eigenvalue weighted by Gasteiger charge is -2.01. The number of aryl methyl sites for hydroxylation is 1. The van der Waals surface area contributed by atoms with Crippen LogP contribution in [0.4, 0.5) is 5.13 Å².